The molecule has 1 aliphatic heterocycles. The molecule has 0 radical (unpaired) electrons. The van der Waals surface area contributed by atoms with E-state index in [1.807, 2.05) is 24.0 Å². The molecule has 1 aliphatic rings. The van der Waals surface area contributed by atoms with Crippen LogP contribution in [0.25, 0.3) is 0 Å². The van der Waals surface area contributed by atoms with Crippen molar-refractivity contribution in [1.82, 2.24) is 9.80 Å². The highest BCUT2D eigenvalue weighted by Crippen LogP contribution is 2.23. The minimum Gasteiger partial charge on any atom is -0.336 e. The van der Waals surface area contributed by atoms with Crippen LogP contribution in [0.3, 0.4) is 0 Å². The summed E-state index contributed by atoms with van der Waals surface area (Å²) in [5.41, 5.74) is 8.22. The van der Waals surface area contributed by atoms with Gasteiger partial charge in [-0.3, -0.25) is 14.4 Å². The molecule has 0 aliphatic carbocycles. The molecule has 0 aromatic heterocycles. The normalized spacial score (nSPS) is 14.4. The first-order valence-corrected chi connectivity index (χ1v) is 15.4. The second-order valence-electron chi connectivity index (χ2n) is 10.7. The fourth-order valence-corrected chi connectivity index (χ4v) is 6.12. The van der Waals surface area contributed by atoms with Gasteiger partial charge in [0.1, 0.15) is 0 Å². The molecule has 208 valence electrons. The summed E-state index contributed by atoms with van der Waals surface area (Å²) in [5, 5.41) is 0. The van der Waals surface area contributed by atoms with Gasteiger partial charge in [0.15, 0.2) is 0 Å². The average molecular weight is 548 g/mol. The Hall–Kier alpha value is -3.16. The quantitative estimate of drug-likeness (QED) is 0.356. The third kappa shape index (κ3) is 6.89. The van der Waals surface area contributed by atoms with E-state index >= 15 is 0 Å². The van der Waals surface area contributed by atoms with E-state index in [2.05, 4.69) is 49.4 Å². The van der Waals surface area contributed by atoms with Crippen LogP contribution >= 0.6 is 0 Å². The first kappa shape index (κ1) is 28.8. The van der Waals surface area contributed by atoms with E-state index in [1.165, 1.54) is 33.9 Å². The zero-order chi connectivity index (χ0) is 28.2. The predicted molar refractivity (Wildman–Crippen MR) is 159 cm³/mol. The Kier molecular flexibility index (Phi) is 9.13. The van der Waals surface area contributed by atoms with Gasteiger partial charge in [-0.1, -0.05) is 43.7 Å². The topological polar surface area (TPSA) is 69.7 Å². The van der Waals surface area contributed by atoms with Crippen molar-refractivity contribution in [3.63, 3.8) is 0 Å². The molecule has 0 unspecified atom stereocenters. The summed E-state index contributed by atoms with van der Waals surface area (Å²) in [6, 6.07) is 16.7. The second-order valence-corrected chi connectivity index (χ2v) is 12.4. The Bertz CT molecular complexity index is 1420. The summed E-state index contributed by atoms with van der Waals surface area (Å²) in [6.07, 6.45) is 3.20. The maximum atomic E-state index is 13.5. The van der Waals surface area contributed by atoms with Gasteiger partial charge in [0.2, 0.25) is 0 Å². The number of amides is 1. The third-order valence-electron chi connectivity index (χ3n) is 8.00. The number of nitrogens with one attached hydrogen (secondary N) is 1. The van der Waals surface area contributed by atoms with Gasteiger partial charge >= 0.3 is 0 Å². The largest absolute Gasteiger partial charge is 0.336 e. The SMILES string of the molecule is CCCCc1ccc(NS(=O)(=O)c2ccc(C)c(C(=O)N3CCN(Cc4ccc(C)c(C)c4C)CC3)c2)cc1. The molecule has 39 heavy (non-hydrogen) atoms. The number of hydrogen-bond acceptors (Lipinski definition) is 4. The lowest BCUT2D eigenvalue weighted by atomic mass is 9.98. The standard InChI is InChI=1S/C32H41N3O3S/c1-6-7-8-27-11-14-29(15-12-27)33-39(37,38)30-16-10-24(3)31(21-30)32(36)35-19-17-34(18-20-35)22-28-13-9-23(2)25(4)26(28)5/h9-16,21,33H,6-8,17-20,22H2,1-5H3. The van der Waals surface area contributed by atoms with Gasteiger partial charge in [0, 0.05) is 44.0 Å². The van der Waals surface area contributed by atoms with Crippen LogP contribution in [-0.2, 0) is 23.0 Å². The highest BCUT2D eigenvalue weighted by atomic mass is 32.2. The van der Waals surface area contributed by atoms with E-state index in [9.17, 15) is 13.2 Å². The smallest absolute Gasteiger partial charge is 0.261 e. The monoisotopic (exact) mass is 547 g/mol. The van der Waals surface area contributed by atoms with Crippen molar-refractivity contribution in [3.05, 3.63) is 93.5 Å². The van der Waals surface area contributed by atoms with E-state index in [0.717, 1.165) is 44.5 Å². The molecule has 4 rings (SSSR count). The average Bonchev–Trinajstić information content (AvgIpc) is 2.93. The van der Waals surface area contributed by atoms with Crippen molar-refractivity contribution in [3.8, 4) is 0 Å². The highest BCUT2D eigenvalue weighted by Gasteiger charge is 2.25. The van der Waals surface area contributed by atoms with Crippen LogP contribution in [0.5, 0.6) is 0 Å². The number of unbranched alkanes of at least 4 members (excludes halogenated alkanes) is 1. The number of sulfonamides is 1. The zero-order valence-corrected chi connectivity index (χ0v) is 24.7. The fourth-order valence-electron chi connectivity index (χ4n) is 5.04. The summed E-state index contributed by atoms with van der Waals surface area (Å²) < 4.78 is 29.0. The molecule has 0 spiro atoms. The van der Waals surface area contributed by atoms with Crippen molar-refractivity contribution in [2.24, 2.45) is 0 Å². The first-order chi connectivity index (χ1) is 18.6. The van der Waals surface area contributed by atoms with Crippen LogP contribution in [0.2, 0.25) is 0 Å². The van der Waals surface area contributed by atoms with Gasteiger partial charge in [-0.15, -0.1) is 0 Å². The van der Waals surface area contributed by atoms with Crippen LogP contribution < -0.4 is 4.72 Å². The number of carbonyl (C=O) groups is 1. The minimum atomic E-state index is -3.83. The molecule has 0 saturated carbocycles. The molecule has 0 atom stereocenters. The van der Waals surface area contributed by atoms with Crippen LogP contribution in [0.15, 0.2) is 59.5 Å². The maximum absolute atomic E-state index is 13.5. The number of piperazine rings is 1. The van der Waals surface area contributed by atoms with E-state index in [4.69, 9.17) is 0 Å². The van der Waals surface area contributed by atoms with E-state index in [-0.39, 0.29) is 10.8 Å². The zero-order valence-electron chi connectivity index (χ0n) is 23.9. The lowest BCUT2D eigenvalue weighted by Gasteiger charge is -2.35. The van der Waals surface area contributed by atoms with Crippen LogP contribution in [-0.4, -0.2) is 50.3 Å². The van der Waals surface area contributed by atoms with E-state index < -0.39 is 10.0 Å². The Labute approximate surface area is 234 Å². The molecule has 1 N–H and O–H groups in total. The summed E-state index contributed by atoms with van der Waals surface area (Å²) in [4.78, 5) is 17.8. The molecule has 3 aromatic rings. The van der Waals surface area contributed by atoms with Gasteiger partial charge in [-0.2, -0.15) is 0 Å². The number of rotatable bonds is 9. The summed E-state index contributed by atoms with van der Waals surface area (Å²) in [5.74, 6) is -0.119. The van der Waals surface area contributed by atoms with Crippen LogP contribution in [0.1, 0.15) is 63.5 Å². The van der Waals surface area contributed by atoms with Crippen LogP contribution in [0.4, 0.5) is 5.69 Å². The molecular formula is C32H41N3O3S. The molecule has 1 saturated heterocycles. The van der Waals surface area contributed by atoms with E-state index in [0.29, 0.717) is 24.3 Å². The molecule has 3 aromatic carbocycles. The van der Waals surface area contributed by atoms with Crippen molar-refractivity contribution in [1.29, 1.82) is 0 Å². The van der Waals surface area contributed by atoms with Crippen molar-refractivity contribution >= 4 is 21.6 Å². The Morgan fingerprint density at radius 1 is 0.846 bits per heavy atom. The second kappa shape index (κ2) is 12.3. The van der Waals surface area contributed by atoms with Crippen molar-refractivity contribution in [2.45, 2.75) is 65.3 Å². The Balaban J connectivity index is 1.41. The summed E-state index contributed by atoms with van der Waals surface area (Å²) in [6.45, 7) is 14.1. The summed E-state index contributed by atoms with van der Waals surface area (Å²) >= 11 is 0. The number of hydrogen-bond donors (Lipinski definition) is 1. The molecule has 7 heteroatoms. The van der Waals surface area contributed by atoms with Gasteiger partial charge in [0.05, 0.1) is 4.90 Å². The van der Waals surface area contributed by atoms with Crippen molar-refractivity contribution < 1.29 is 13.2 Å². The predicted octanol–water partition coefficient (Wildman–Crippen LogP) is 6.02. The number of carbonyl (C=O) groups excluding carboxylic acids is 1. The molecule has 1 amide bonds. The lowest BCUT2D eigenvalue weighted by molar-refractivity contribution is 0.0627. The number of anilines is 1. The Morgan fingerprint density at radius 2 is 1.51 bits per heavy atom. The number of aryl methyl sites for hydroxylation is 3. The van der Waals surface area contributed by atoms with Gasteiger partial charge < -0.3 is 4.90 Å². The lowest BCUT2D eigenvalue weighted by Crippen LogP contribution is -2.48. The van der Waals surface area contributed by atoms with Gasteiger partial charge in [-0.25, -0.2) is 8.42 Å². The summed E-state index contributed by atoms with van der Waals surface area (Å²) in [7, 11) is -3.83. The highest BCUT2D eigenvalue weighted by molar-refractivity contribution is 7.92. The fraction of sp³-hybridized carbons (Fsp3) is 0.406. The maximum Gasteiger partial charge on any atom is 0.261 e. The molecule has 1 heterocycles. The van der Waals surface area contributed by atoms with Gasteiger partial charge in [-0.05, 0) is 98.2 Å². The van der Waals surface area contributed by atoms with Gasteiger partial charge in [0.25, 0.3) is 15.9 Å². The molecule has 1 fully saturated rings. The molecule has 0 bridgehead atoms. The van der Waals surface area contributed by atoms with Crippen LogP contribution in [0, 0.1) is 27.7 Å². The molecule has 6 nitrogen and oxygen atoms in total. The molecular weight excluding hydrogens is 506 g/mol. The third-order valence-corrected chi connectivity index (χ3v) is 9.38. The first-order valence-electron chi connectivity index (χ1n) is 13.9. The number of benzene rings is 3. The Morgan fingerprint density at radius 3 is 2.18 bits per heavy atom. The number of nitrogens with zero attached hydrogens (tertiary/aromatic N) is 2. The van der Waals surface area contributed by atoms with E-state index in [1.54, 1.807) is 24.3 Å². The van der Waals surface area contributed by atoms with Crippen molar-refractivity contribution in [2.75, 3.05) is 30.9 Å². The minimum absolute atomic E-state index is 0.0929.